The number of fused-ring (bicyclic) bond motifs is 4. The molecule has 42 heavy (non-hydrogen) atoms. The number of rotatable bonds is 7. The second kappa shape index (κ2) is 10.5. The molecule has 5 aliphatic heterocycles. The van der Waals surface area contributed by atoms with E-state index in [9.17, 15) is 10.1 Å². The second-order valence-electron chi connectivity index (χ2n) is 12.9. The molecule has 1 saturated carbocycles. The number of carbonyl (C=O) groups is 1. The Bertz CT molecular complexity index is 1500. The zero-order valence-electron chi connectivity index (χ0n) is 24.0. The Kier molecular flexibility index (Phi) is 6.53. The van der Waals surface area contributed by atoms with Crippen LogP contribution in [0.15, 0.2) is 36.8 Å². The number of anilines is 1. The van der Waals surface area contributed by atoms with Crippen LogP contribution in [-0.2, 0) is 4.79 Å². The van der Waals surface area contributed by atoms with E-state index in [-0.39, 0.29) is 5.92 Å². The molecule has 1 N–H and O–H groups in total. The van der Waals surface area contributed by atoms with Crippen molar-refractivity contribution in [3.8, 4) is 22.9 Å². The number of nitriles is 1. The number of nitrogens with zero attached hydrogens (tertiary/aromatic N) is 7. The predicted octanol–water partition coefficient (Wildman–Crippen LogP) is 2.78. The van der Waals surface area contributed by atoms with Crippen LogP contribution >= 0.6 is 0 Å². The van der Waals surface area contributed by atoms with Gasteiger partial charge in [-0.2, -0.15) is 10.4 Å². The van der Waals surface area contributed by atoms with Gasteiger partial charge >= 0.3 is 0 Å². The Morgan fingerprint density at radius 2 is 1.86 bits per heavy atom. The molecule has 1 aliphatic carbocycles. The summed E-state index contributed by atoms with van der Waals surface area (Å²) in [5, 5.41) is 17.7. The van der Waals surface area contributed by atoms with Crippen molar-refractivity contribution in [3.63, 3.8) is 0 Å². The molecule has 3 aromatic heterocycles. The summed E-state index contributed by atoms with van der Waals surface area (Å²) in [4.78, 5) is 24.9. The molecule has 3 aromatic rings. The molecule has 9 rings (SSSR count). The number of hydrogen-bond acceptors (Lipinski definition) is 8. The molecule has 5 saturated heterocycles. The van der Waals surface area contributed by atoms with Gasteiger partial charge in [0, 0.05) is 56.0 Å². The molecule has 2 bridgehead atoms. The molecule has 0 aromatic carbocycles. The van der Waals surface area contributed by atoms with Gasteiger partial charge in [-0.15, -0.1) is 0 Å². The SMILES string of the molecule is N#Cc1cnn2cc(OCCN3CC4CNCC4C3)cc(-c3ccc(N4CC5CC(C4)N5C(=O)C4CCCC4)nc3)c12. The van der Waals surface area contributed by atoms with Crippen molar-refractivity contribution in [2.24, 2.45) is 17.8 Å². The first kappa shape index (κ1) is 26.0. The van der Waals surface area contributed by atoms with Crippen LogP contribution in [0.25, 0.3) is 16.6 Å². The molecule has 4 unspecified atom stereocenters. The maximum atomic E-state index is 13.1. The maximum absolute atomic E-state index is 13.1. The van der Waals surface area contributed by atoms with E-state index in [1.54, 1.807) is 10.7 Å². The summed E-state index contributed by atoms with van der Waals surface area (Å²) < 4.78 is 7.99. The van der Waals surface area contributed by atoms with Crippen molar-refractivity contribution in [1.29, 1.82) is 5.26 Å². The number of ether oxygens (including phenoxy) is 1. The maximum Gasteiger partial charge on any atom is 0.226 e. The molecule has 8 heterocycles. The molecule has 10 nitrogen and oxygen atoms in total. The molecule has 10 heteroatoms. The lowest BCUT2D eigenvalue weighted by Gasteiger charge is -2.57. The van der Waals surface area contributed by atoms with Gasteiger partial charge in [-0.05, 0) is 62.4 Å². The van der Waals surface area contributed by atoms with Crippen LogP contribution in [0.2, 0.25) is 0 Å². The highest BCUT2D eigenvalue weighted by Crippen LogP contribution is 2.39. The minimum absolute atomic E-state index is 0.246. The number of carbonyl (C=O) groups excluding carboxylic acids is 1. The van der Waals surface area contributed by atoms with E-state index in [0.29, 0.717) is 30.2 Å². The summed E-state index contributed by atoms with van der Waals surface area (Å²) in [6.07, 6.45) is 11.0. The van der Waals surface area contributed by atoms with Crippen LogP contribution < -0.4 is 15.0 Å². The predicted molar refractivity (Wildman–Crippen MR) is 158 cm³/mol. The Labute approximate surface area is 246 Å². The van der Waals surface area contributed by atoms with Gasteiger partial charge in [0.25, 0.3) is 0 Å². The van der Waals surface area contributed by atoms with E-state index in [0.717, 1.165) is 105 Å². The van der Waals surface area contributed by atoms with E-state index >= 15 is 0 Å². The average molecular weight is 567 g/mol. The largest absolute Gasteiger partial charge is 0.491 e. The van der Waals surface area contributed by atoms with Gasteiger partial charge in [-0.25, -0.2) is 9.50 Å². The Hall–Kier alpha value is -3.68. The van der Waals surface area contributed by atoms with E-state index < -0.39 is 0 Å². The number of piperidine rings is 1. The van der Waals surface area contributed by atoms with Crippen LogP contribution in [0.5, 0.6) is 5.75 Å². The fourth-order valence-electron chi connectivity index (χ4n) is 8.18. The van der Waals surface area contributed by atoms with Gasteiger partial charge in [-0.1, -0.05) is 12.8 Å². The molecule has 6 aliphatic rings. The molecule has 6 fully saturated rings. The Morgan fingerprint density at radius 3 is 2.57 bits per heavy atom. The topological polar surface area (TPSA) is 102 Å². The van der Waals surface area contributed by atoms with Crippen LogP contribution in [0.3, 0.4) is 0 Å². The van der Waals surface area contributed by atoms with Gasteiger partial charge < -0.3 is 19.9 Å². The molecular weight excluding hydrogens is 528 g/mol. The van der Waals surface area contributed by atoms with Crippen molar-refractivity contribution >= 4 is 17.2 Å². The van der Waals surface area contributed by atoms with Gasteiger partial charge in [0.05, 0.1) is 35.6 Å². The minimum atomic E-state index is 0.246. The summed E-state index contributed by atoms with van der Waals surface area (Å²) in [7, 11) is 0. The van der Waals surface area contributed by atoms with Crippen molar-refractivity contribution < 1.29 is 9.53 Å². The molecule has 1 amide bonds. The fourth-order valence-corrected chi connectivity index (χ4v) is 8.18. The van der Waals surface area contributed by atoms with Crippen molar-refractivity contribution in [3.05, 3.63) is 42.4 Å². The van der Waals surface area contributed by atoms with Crippen molar-refractivity contribution in [2.45, 2.75) is 44.2 Å². The summed E-state index contributed by atoms with van der Waals surface area (Å²) in [5.74, 6) is 3.84. The number of hydrogen-bond donors (Lipinski definition) is 1. The van der Waals surface area contributed by atoms with E-state index in [1.165, 1.54) is 12.8 Å². The highest BCUT2D eigenvalue weighted by atomic mass is 16.5. The summed E-state index contributed by atoms with van der Waals surface area (Å²) in [6.45, 7) is 7.73. The highest BCUT2D eigenvalue weighted by molar-refractivity contribution is 5.85. The van der Waals surface area contributed by atoms with E-state index in [1.807, 2.05) is 18.5 Å². The van der Waals surface area contributed by atoms with Gasteiger partial charge in [0.15, 0.2) is 0 Å². The molecule has 4 atom stereocenters. The fraction of sp³-hybridized carbons (Fsp3) is 0.562. The summed E-state index contributed by atoms with van der Waals surface area (Å²) >= 11 is 0. The Morgan fingerprint density at radius 1 is 1.07 bits per heavy atom. The first-order chi connectivity index (χ1) is 20.6. The number of aromatic nitrogens is 3. The first-order valence-electron chi connectivity index (χ1n) is 15.7. The number of likely N-dealkylation sites (tertiary alicyclic amines) is 1. The number of pyridine rings is 2. The average Bonchev–Trinajstić information content (AvgIpc) is 3.82. The van der Waals surface area contributed by atoms with E-state index in [4.69, 9.17) is 9.72 Å². The summed E-state index contributed by atoms with van der Waals surface area (Å²) in [6, 6.07) is 9.04. The molecular formula is C32H38N8O2. The monoisotopic (exact) mass is 566 g/mol. The third-order valence-corrected chi connectivity index (χ3v) is 10.4. The van der Waals surface area contributed by atoms with Crippen molar-refractivity contribution in [1.82, 2.24) is 29.7 Å². The van der Waals surface area contributed by atoms with Crippen LogP contribution in [0, 0.1) is 29.1 Å². The van der Waals surface area contributed by atoms with Crippen molar-refractivity contribution in [2.75, 3.05) is 57.3 Å². The van der Waals surface area contributed by atoms with Crippen LogP contribution in [-0.4, -0.2) is 94.8 Å². The lowest BCUT2D eigenvalue weighted by Crippen LogP contribution is -2.71. The lowest BCUT2D eigenvalue weighted by atomic mass is 9.85. The quantitative estimate of drug-likeness (QED) is 0.466. The molecule has 218 valence electrons. The molecule has 0 spiro atoms. The number of piperazine rings is 1. The first-order valence-corrected chi connectivity index (χ1v) is 15.7. The number of nitrogens with one attached hydrogen (secondary N) is 1. The third kappa shape index (κ3) is 4.50. The highest BCUT2D eigenvalue weighted by Gasteiger charge is 2.49. The van der Waals surface area contributed by atoms with E-state index in [2.05, 4.69) is 43.3 Å². The standard InChI is InChI=1S/C32H38N8O2/c33-11-23-15-36-39-20-28(42-8-7-37-16-24-12-34-13-25(24)17-37)10-29(31(23)39)22-5-6-30(35-14-22)38-18-26-9-27(19-38)40(26)32(41)21-3-1-2-4-21/h5-6,10,14-15,20-21,24-27,34H,1-4,7-9,12-13,16-19H2. The normalized spacial score (nSPS) is 27.3. The smallest absolute Gasteiger partial charge is 0.226 e. The lowest BCUT2D eigenvalue weighted by molar-refractivity contribution is -0.150. The molecule has 0 radical (unpaired) electrons. The zero-order valence-corrected chi connectivity index (χ0v) is 24.0. The van der Waals surface area contributed by atoms with Crippen LogP contribution in [0.4, 0.5) is 5.82 Å². The third-order valence-electron chi connectivity index (χ3n) is 10.4. The zero-order chi connectivity index (χ0) is 28.2. The number of amides is 1. The van der Waals surface area contributed by atoms with Gasteiger partial charge in [-0.3, -0.25) is 9.69 Å². The Balaban J connectivity index is 0.970. The van der Waals surface area contributed by atoms with Crippen LogP contribution in [0.1, 0.15) is 37.7 Å². The van der Waals surface area contributed by atoms with Gasteiger partial charge in [0.1, 0.15) is 24.2 Å². The summed E-state index contributed by atoms with van der Waals surface area (Å²) in [5.41, 5.74) is 3.10. The minimum Gasteiger partial charge on any atom is -0.491 e. The second-order valence-corrected chi connectivity index (χ2v) is 12.9. The van der Waals surface area contributed by atoms with Gasteiger partial charge in [0.2, 0.25) is 5.91 Å².